The summed E-state index contributed by atoms with van der Waals surface area (Å²) in [6.07, 6.45) is 0. The van der Waals surface area contributed by atoms with Crippen molar-refractivity contribution in [2.45, 2.75) is 13.8 Å². The number of carbonyl (C=O) groups excluding carboxylic acids is 2. The number of aryl methyl sites for hydroxylation is 1. The van der Waals surface area contributed by atoms with E-state index in [0.29, 0.717) is 5.56 Å². The average molecular weight is 348 g/mol. The predicted molar refractivity (Wildman–Crippen MR) is 101 cm³/mol. The van der Waals surface area contributed by atoms with E-state index in [1.54, 1.807) is 13.0 Å². The van der Waals surface area contributed by atoms with E-state index in [9.17, 15) is 9.59 Å². The van der Waals surface area contributed by atoms with Crippen molar-refractivity contribution in [3.8, 4) is 11.3 Å². The smallest absolute Gasteiger partial charge is 0.325 e. The van der Waals surface area contributed by atoms with Crippen LogP contribution in [0.25, 0.3) is 22.2 Å². The summed E-state index contributed by atoms with van der Waals surface area (Å²) >= 11 is 0. The normalized spacial score (nSPS) is 10.5. The van der Waals surface area contributed by atoms with Gasteiger partial charge in [0.1, 0.15) is 6.54 Å². The van der Waals surface area contributed by atoms with Crippen LogP contribution in [-0.4, -0.2) is 30.0 Å². The van der Waals surface area contributed by atoms with Gasteiger partial charge in [-0.15, -0.1) is 0 Å². The molecule has 5 nitrogen and oxygen atoms in total. The van der Waals surface area contributed by atoms with E-state index in [4.69, 9.17) is 9.72 Å². The molecule has 0 aliphatic heterocycles. The molecule has 0 fully saturated rings. The summed E-state index contributed by atoms with van der Waals surface area (Å²) in [7, 11) is 0. The van der Waals surface area contributed by atoms with Crippen molar-refractivity contribution in [2.24, 2.45) is 0 Å². The highest BCUT2D eigenvalue weighted by atomic mass is 16.5. The van der Waals surface area contributed by atoms with Crippen LogP contribution >= 0.6 is 0 Å². The zero-order chi connectivity index (χ0) is 18.5. The van der Waals surface area contributed by atoms with Crippen molar-refractivity contribution in [2.75, 3.05) is 13.2 Å². The minimum Gasteiger partial charge on any atom is -0.465 e. The lowest BCUT2D eigenvalue weighted by Crippen LogP contribution is -2.30. The zero-order valence-electron chi connectivity index (χ0n) is 14.8. The van der Waals surface area contributed by atoms with Crippen LogP contribution in [-0.2, 0) is 9.53 Å². The number of benzene rings is 2. The maximum Gasteiger partial charge on any atom is 0.325 e. The molecule has 1 aromatic heterocycles. The largest absolute Gasteiger partial charge is 0.465 e. The average Bonchev–Trinajstić information content (AvgIpc) is 2.66. The first kappa shape index (κ1) is 17.6. The Kier molecular flexibility index (Phi) is 5.27. The Morgan fingerprint density at radius 1 is 1.08 bits per heavy atom. The van der Waals surface area contributed by atoms with Gasteiger partial charge in [-0.1, -0.05) is 42.5 Å². The van der Waals surface area contributed by atoms with Crippen LogP contribution in [0, 0.1) is 6.92 Å². The summed E-state index contributed by atoms with van der Waals surface area (Å²) in [5.41, 5.74) is 3.99. The molecular formula is C21H20N2O3. The monoisotopic (exact) mass is 348 g/mol. The third kappa shape index (κ3) is 3.72. The first-order valence-corrected chi connectivity index (χ1v) is 8.49. The van der Waals surface area contributed by atoms with Gasteiger partial charge in [-0.25, -0.2) is 4.98 Å². The second kappa shape index (κ2) is 7.78. The second-order valence-electron chi connectivity index (χ2n) is 5.87. The predicted octanol–water partition coefficient (Wildman–Crippen LogP) is 3.50. The summed E-state index contributed by atoms with van der Waals surface area (Å²) in [4.78, 5) is 28.9. The van der Waals surface area contributed by atoms with Gasteiger partial charge in [0, 0.05) is 10.9 Å². The number of nitrogens with one attached hydrogen (secondary N) is 1. The molecule has 0 bridgehead atoms. The summed E-state index contributed by atoms with van der Waals surface area (Å²) in [6.45, 7) is 3.85. The fourth-order valence-electron chi connectivity index (χ4n) is 2.82. The van der Waals surface area contributed by atoms with Crippen LogP contribution in [0.2, 0.25) is 0 Å². The molecule has 1 N–H and O–H groups in total. The van der Waals surface area contributed by atoms with Crippen molar-refractivity contribution >= 4 is 22.8 Å². The van der Waals surface area contributed by atoms with Crippen LogP contribution in [0.1, 0.15) is 22.8 Å². The van der Waals surface area contributed by atoms with Crippen molar-refractivity contribution in [1.82, 2.24) is 10.3 Å². The Labute approximate surface area is 152 Å². The molecule has 3 rings (SSSR count). The van der Waals surface area contributed by atoms with Gasteiger partial charge in [0.15, 0.2) is 0 Å². The van der Waals surface area contributed by atoms with E-state index in [1.807, 2.05) is 55.5 Å². The maximum absolute atomic E-state index is 12.7. The lowest BCUT2D eigenvalue weighted by Gasteiger charge is -2.11. The van der Waals surface area contributed by atoms with E-state index in [1.165, 1.54) is 0 Å². The highest BCUT2D eigenvalue weighted by Crippen LogP contribution is 2.26. The number of aromatic nitrogens is 1. The van der Waals surface area contributed by atoms with E-state index in [-0.39, 0.29) is 19.1 Å². The Morgan fingerprint density at radius 3 is 2.58 bits per heavy atom. The molecular weight excluding hydrogens is 328 g/mol. The van der Waals surface area contributed by atoms with Crippen LogP contribution in [0.15, 0.2) is 54.6 Å². The number of pyridine rings is 1. The molecule has 0 unspecified atom stereocenters. The molecule has 0 saturated carbocycles. The third-order valence-electron chi connectivity index (χ3n) is 4.08. The molecule has 0 spiro atoms. The minimum absolute atomic E-state index is 0.164. The lowest BCUT2D eigenvalue weighted by atomic mass is 10.0. The third-order valence-corrected chi connectivity index (χ3v) is 4.08. The van der Waals surface area contributed by atoms with Gasteiger partial charge in [-0.05, 0) is 31.5 Å². The first-order chi connectivity index (χ1) is 12.6. The van der Waals surface area contributed by atoms with E-state index < -0.39 is 5.97 Å². The van der Waals surface area contributed by atoms with Crippen LogP contribution < -0.4 is 5.32 Å². The van der Waals surface area contributed by atoms with Crippen LogP contribution in [0.5, 0.6) is 0 Å². The molecule has 3 aromatic rings. The van der Waals surface area contributed by atoms with Gasteiger partial charge in [-0.2, -0.15) is 0 Å². The molecule has 132 valence electrons. The van der Waals surface area contributed by atoms with Crippen LogP contribution in [0.3, 0.4) is 0 Å². The molecule has 26 heavy (non-hydrogen) atoms. The van der Waals surface area contributed by atoms with Gasteiger partial charge < -0.3 is 10.1 Å². The molecule has 5 heteroatoms. The van der Waals surface area contributed by atoms with Crippen molar-refractivity contribution in [1.29, 1.82) is 0 Å². The first-order valence-electron chi connectivity index (χ1n) is 8.49. The fourth-order valence-corrected chi connectivity index (χ4v) is 2.82. The van der Waals surface area contributed by atoms with Gasteiger partial charge in [0.05, 0.1) is 23.4 Å². The van der Waals surface area contributed by atoms with Gasteiger partial charge >= 0.3 is 5.97 Å². The number of carbonyl (C=O) groups is 2. The van der Waals surface area contributed by atoms with Crippen molar-refractivity contribution in [3.63, 3.8) is 0 Å². The minimum atomic E-state index is -0.460. The van der Waals surface area contributed by atoms with E-state index >= 15 is 0 Å². The van der Waals surface area contributed by atoms with Crippen LogP contribution in [0.4, 0.5) is 0 Å². The van der Waals surface area contributed by atoms with Crippen molar-refractivity contribution < 1.29 is 14.3 Å². The van der Waals surface area contributed by atoms with Gasteiger partial charge in [0.2, 0.25) is 0 Å². The lowest BCUT2D eigenvalue weighted by molar-refractivity contribution is -0.141. The quantitative estimate of drug-likeness (QED) is 0.717. The highest BCUT2D eigenvalue weighted by molar-refractivity contribution is 6.07. The molecule has 1 amide bonds. The number of rotatable bonds is 5. The second-order valence-corrected chi connectivity index (χ2v) is 5.87. The standard InChI is InChI=1S/C21H20N2O3/c1-3-26-20(24)13-22-21(25)17-12-19(15-9-5-4-8-14(15)2)23-18-11-7-6-10-16(17)18/h4-12H,3,13H2,1-2H3,(H,22,25). The SMILES string of the molecule is CCOC(=O)CNC(=O)c1cc(-c2ccccc2C)nc2ccccc12. The summed E-state index contributed by atoms with van der Waals surface area (Å²) in [6, 6.07) is 17.1. The summed E-state index contributed by atoms with van der Waals surface area (Å²) in [5, 5.41) is 3.37. The van der Waals surface area contributed by atoms with Gasteiger partial charge in [0.25, 0.3) is 5.91 Å². The van der Waals surface area contributed by atoms with E-state index in [0.717, 1.165) is 27.7 Å². The van der Waals surface area contributed by atoms with E-state index in [2.05, 4.69) is 5.32 Å². The van der Waals surface area contributed by atoms with Crippen molar-refractivity contribution in [3.05, 3.63) is 65.7 Å². The number of amides is 1. The number of nitrogens with zero attached hydrogens (tertiary/aromatic N) is 1. The fraction of sp³-hybridized carbons (Fsp3) is 0.190. The van der Waals surface area contributed by atoms with Gasteiger partial charge in [-0.3, -0.25) is 9.59 Å². The number of hydrogen-bond acceptors (Lipinski definition) is 4. The molecule has 0 saturated heterocycles. The molecule has 0 atom stereocenters. The number of hydrogen-bond donors (Lipinski definition) is 1. The molecule has 2 aromatic carbocycles. The molecule has 0 radical (unpaired) electrons. The zero-order valence-corrected chi connectivity index (χ0v) is 14.8. The summed E-state index contributed by atoms with van der Waals surface area (Å²) in [5.74, 6) is -0.787. The topological polar surface area (TPSA) is 68.3 Å². The molecule has 1 heterocycles. The summed E-state index contributed by atoms with van der Waals surface area (Å²) < 4.78 is 4.86. The molecule has 0 aliphatic carbocycles. The Balaban J connectivity index is 2.02. The molecule has 0 aliphatic rings. The number of ether oxygens (including phenoxy) is 1. The maximum atomic E-state index is 12.7. The Morgan fingerprint density at radius 2 is 1.81 bits per heavy atom. The Hall–Kier alpha value is -3.21. The number of esters is 1. The Bertz CT molecular complexity index is 966. The number of fused-ring (bicyclic) bond motifs is 1. The number of para-hydroxylation sites is 1. The highest BCUT2D eigenvalue weighted by Gasteiger charge is 2.15.